The lowest BCUT2D eigenvalue weighted by atomic mass is 9.44. The molecule has 0 aromatic carbocycles. The molecule has 0 aromatic heterocycles. The number of ether oxygens (including phenoxy) is 1. The predicted molar refractivity (Wildman–Crippen MR) is 110 cm³/mol. The summed E-state index contributed by atoms with van der Waals surface area (Å²) in [7, 11) is 0. The van der Waals surface area contributed by atoms with Crippen molar-refractivity contribution in [3.05, 3.63) is 0 Å². The number of Topliss-reactive ketones (excluding diaryl/α,β-unsaturated/α-hetero) is 2. The number of aliphatic carboxylic acids is 1. The number of hydrogen-bond acceptors (Lipinski definition) is 6. The first-order valence-corrected chi connectivity index (χ1v) is 12.0. The monoisotopic (exact) mass is 431 g/mol. The Morgan fingerprint density at radius 1 is 0.968 bits per heavy atom. The molecule has 4 fully saturated rings. The fourth-order valence-electron chi connectivity index (χ4n) is 8.10. The van der Waals surface area contributed by atoms with Crippen molar-refractivity contribution in [2.24, 2.45) is 40.4 Å². The number of carbonyl (C=O) groups excluding carboxylic acids is 4. The van der Waals surface area contributed by atoms with Crippen LogP contribution < -0.4 is 5.11 Å². The third kappa shape index (κ3) is 3.95. The van der Waals surface area contributed by atoms with Crippen LogP contribution in [0.2, 0.25) is 0 Å². The summed E-state index contributed by atoms with van der Waals surface area (Å²) in [5.41, 5.74) is 0.206. The van der Waals surface area contributed by atoms with Crippen molar-refractivity contribution in [3.8, 4) is 0 Å². The van der Waals surface area contributed by atoms with Gasteiger partial charge in [-0.25, -0.2) is 0 Å². The van der Waals surface area contributed by atoms with Crippen LogP contribution in [-0.2, 0) is 23.9 Å². The van der Waals surface area contributed by atoms with Crippen LogP contribution in [0.3, 0.4) is 0 Å². The van der Waals surface area contributed by atoms with Crippen LogP contribution in [0.5, 0.6) is 0 Å². The first kappa shape index (κ1) is 22.5. The van der Waals surface area contributed by atoms with Gasteiger partial charge in [0.15, 0.2) is 5.78 Å². The van der Waals surface area contributed by atoms with Crippen molar-refractivity contribution < 1.29 is 29.0 Å². The van der Waals surface area contributed by atoms with Crippen molar-refractivity contribution in [3.63, 3.8) is 0 Å². The summed E-state index contributed by atoms with van der Waals surface area (Å²) in [5, 5.41) is 10.5. The standard InChI is InChI=1S/C25H36O6/c1-24-11-9-16(26)13-15(24)3-4-17-18-5-6-20(25(18,2)12-10-19(17)24)21(27)14-31-23(30)8-7-22(28)29/h15,17-20H,3-14H2,1-2H3,(H,28,29)/p-1/t15-,17-,18+,19+,20+,24-,25-/m0/s1. The smallest absolute Gasteiger partial charge is 0.306 e. The number of rotatable bonds is 6. The quantitative estimate of drug-likeness (QED) is 0.600. The van der Waals surface area contributed by atoms with E-state index in [1.165, 1.54) is 0 Å². The summed E-state index contributed by atoms with van der Waals surface area (Å²) in [4.78, 5) is 47.3. The third-order valence-corrected chi connectivity index (χ3v) is 9.78. The van der Waals surface area contributed by atoms with E-state index in [9.17, 15) is 24.3 Å². The molecule has 0 aliphatic heterocycles. The lowest BCUT2D eigenvalue weighted by Gasteiger charge is -2.60. The van der Waals surface area contributed by atoms with Crippen molar-refractivity contribution in [2.75, 3.05) is 6.61 Å². The molecule has 0 radical (unpaired) electrons. The molecule has 4 aliphatic rings. The largest absolute Gasteiger partial charge is 0.550 e. The second kappa shape index (κ2) is 8.32. The van der Waals surface area contributed by atoms with Gasteiger partial charge in [-0.05, 0) is 85.9 Å². The molecule has 0 aromatic rings. The highest BCUT2D eigenvalue weighted by molar-refractivity contribution is 5.86. The molecule has 172 valence electrons. The van der Waals surface area contributed by atoms with Crippen LogP contribution in [0.4, 0.5) is 0 Å². The maximum atomic E-state index is 13.0. The highest BCUT2D eigenvalue weighted by Crippen LogP contribution is 2.67. The molecule has 0 bridgehead atoms. The summed E-state index contributed by atoms with van der Waals surface area (Å²) in [6, 6.07) is 0. The van der Waals surface area contributed by atoms with Gasteiger partial charge < -0.3 is 14.6 Å². The van der Waals surface area contributed by atoms with Crippen molar-refractivity contribution in [2.45, 2.75) is 84.5 Å². The molecule has 4 aliphatic carbocycles. The van der Waals surface area contributed by atoms with Gasteiger partial charge in [0.2, 0.25) is 0 Å². The molecule has 0 saturated heterocycles. The van der Waals surface area contributed by atoms with Crippen LogP contribution in [-0.4, -0.2) is 30.1 Å². The van der Waals surface area contributed by atoms with Gasteiger partial charge in [-0.3, -0.25) is 14.4 Å². The Morgan fingerprint density at radius 3 is 2.45 bits per heavy atom. The lowest BCUT2D eigenvalue weighted by molar-refractivity contribution is -0.305. The molecule has 4 saturated carbocycles. The summed E-state index contributed by atoms with van der Waals surface area (Å²) >= 11 is 0. The molecule has 4 rings (SSSR count). The summed E-state index contributed by atoms with van der Waals surface area (Å²) in [6.45, 7) is 4.43. The number of esters is 1. The lowest BCUT2D eigenvalue weighted by Crippen LogP contribution is -2.54. The van der Waals surface area contributed by atoms with Gasteiger partial charge >= 0.3 is 5.97 Å². The first-order valence-electron chi connectivity index (χ1n) is 12.0. The minimum Gasteiger partial charge on any atom is -0.550 e. The highest BCUT2D eigenvalue weighted by atomic mass is 16.5. The Bertz CT molecular complexity index is 774. The van der Waals surface area contributed by atoms with Crippen molar-refractivity contribution >= 4 is 23.5 Å². The first-order chi connectivity index (χ1) is 14.6. The fourth-order valence-corrected chi connectivity index (χ4v) is 8.10. The fraction of sp³-hybridized carbons (Fsp3) is 0.840. The van der Waals surface area contributed by atoms with Crippen LogP contribution in [0.15, 0.2) is 0 Å². The third-order valence-electron chi connectivity index (χ3n) is 9.78. The van der Waals surface area contributed by atoms with Gasteiger partial charge in [0.05, 0.1) is 6.42 Å². The van der Waals surface area contributed by atoms with Crippen molar-refractivity contribution in [1.82, 2.24) is 0 Å². The van der Waals surface area contributed by atoms with Crippen LogP contribution in [0.25, 0.3) is 0 Å². The Kier molecular flexibility index (Phi) is 6.04. The molecule has 0 N–H and O–H groups in total. The molecule has 7 atom stereocenters. The average Bonchev–Trinajstić information content (AvgIpc) is 3.08. The van der Waals surface area contributed by atoms with E-state index in [1.807, 2.05) is 0 Å². The zero-order valence-corrected chi connectivity index (χ0v) is 18.8. The summed E-state index contributed by atoms with van der Waals surface area (Å²) < 4.78 is 5.08. The SMILES string of the molecule is C[C@]12CCC(=O)C[C@@H]1CC[C@@H]1[C@H]2CC[C@]2(C)[C@@H](C(=O)COC(=O)CCC(=O)[O-])CC[C@H]12. The molecular weight excluding hydrogens is 396 g/mol. The number of hydrogen-bond donors (Lipinski definition) is 0. The van der Waals surface area contributed by atoms with E-state index >= 15 is 0 Å². The molecule has 0 amide bonds. The Hall–Kier alpha value is -1.72. The van der Waals surface area contributed by atoms with Gasteiger partial charge in [-0.1, -0.05) is 13.8 Å². The zero-order valence-electron chi connectivity index (χ0n) is 18.8. The average molecular weight is 432 g/mol. The van der Waals surface area contributed by atoms with E-state index in [4.69, 9.17) is 4.74 Å². The van der Waals surface area contributed by atoms with Gasteiger partial charge in [-0.15, -0.1) is 0 Å². The van der Waals surface area contributed by atoms with Crippen molar-refractivity contribution in [1.29, 1.82) is 0 Å². The Morgan fingerprint density at radius 2 is 1.71 bits per heavy atom. The highest BCUT2D eigenvalue weighted by Gasteiger charge is 2.61. The summed E-state index contributed by atoms with van der Waals surface area (Å²) in [6.07, 6.45) is 8.18. The van der Waals surface area contributed by atoms with Crippen LogP contribution in [0, 0.1) is 40.4 Å². The van der Waals surface area contributed by atoms with E-state index in [0.717, 1.165) is 57.8 Å². The number of carboxylic acid groups (broad SMARTS) is 1. The molecular formula is C25H35O6-. The van der Waals surface area contributed by atoms with Crippen LogP contribution >= 0.6 is 0 Å². The topological polar surface area (TPSA) is 101 Å². The van der Waals surface area contributed by atoms with E-state index in [2.05, 4.69) is 13.8 Å². The minimum absolute atomic E-state index is 0.0200. The second-order valence-electron chi connectivity index (χ2n) is 11.1. The van der Waals surface area contributed by atoms with E-state index in [0.29, 0.717) is 29.5 Å². The molecule has 0 heterocycles. The zero-order chi connectivity index (χ0) is 22.4. The molecule has 6 heteroatoms. The molecule has 31 heavy (non-hydrogen) atoms. The van der Waals surface area contributed by atoms with Gasteiger partial charge in [-0.2, -0.15) is 0 Å². The molecule has 6 nitrogen and oxygen atoms in total. The number of fused-ring (bicyclic) bond motifs is 5. The maximum absolute atomic E-state index is 13.0. The normalized spacial score (nSPS) is 41.6. The predicted octanol–water partition coefficient (Wildman–Crippen LogP) is 2.86. The van der Waals surface area contributed by atoms with E-state index in [-0.39, 0.29) is 42.0 Å². The number of carboxylic acids is 1. The second-order valence-corrected chi connectivity index (χ2v) is 11.1. The van der Waals surface area contributed by atoms with E-state index < -0.39 is 11.9 Å². The Labute approximate surface area is 184 Å². The number of carbonyl (C=O) groups is 4. The van der Waals surface area contributed by atoms with Gasteiger partial charge in [0.1, 0.15) is 12.4 Å². The summed E-state index contributed by atoms with van der Waals surface area (Å²) in [5.74, 6) is 0.686. The maximum Gasteiger partial charge on any atom is 0.306 e. The van der Waals surface area contributed by atoms with Gasteiger partial charge in [0.25, 0.3) is 0 Å². The van der Waals surface area contributed by atoms with Crippen LogP contribution in [0.1, 0.15) is 84.5 Å². The minimum atomic E-state index is -1.29. The van der Waals surface area contributed by atoms with Gasteiger partial charge in [0, 0.05) is 24.7 Å². The molecule has 0 spiro atoms. The Balaban J connectivity index is 1.41. The number of ketones is 2. The van der Waals surface area contributed by atoms with E-state index in [1.54, 1.807) is 0 Å². The molecule has 0 unspecified atom stereocenters.